The zero-order valence-electron chi connectivity index (χ0n) is 19.4. The van der Waals surface area contributed by atoms with Crippen molar-refractivity contribution in [3.8, 4) is 28.6 Å². The molecule has 4 aromatic rings. The fraction of sp³-hybridized carbons (Fsp3) is 0.259. The van der Waals surface area contributed by atoms with Gasteiger partial charge in [-0.3, -0.25) is 9.78 Å². The van der Waals surface area contributed by atoms with Crippen molar-refractivity contribution in [2.45, 2.75) is 19.8 Å². The maximum atomic E-state index is 13.1. The molecule has 0 radical (unpaired) electrons. The van der Waals surface area contributed by atoms with Crippen LogP contribution < -0.4 is 4.74 Å². The van der Waals surface area contributed by atoms with Gasteiger partial charge in [0.2, 0.25) is 5.82 Å². The summed E-state index contributed by atoms with van der Waals surface area (Å²) in [6.07, 6.45) is 3.43. The highest BCUT2D eigenvalue weighted by molar-refractivity contribution is 5.94. The molecule has 0 unspecified atom stereocenters. The van der Waals surface area contributed by atoms with Crippen LogP contribution in [-0.4, -0.2) is 45.6 Å². The lowest BCUT2D eigenvalue weighted by Gasteiger charge is -2.32. The van der Waals surface area contributed by atoms with E-state index in [1.807, 2.05) is 48.2 Å². The molecule has 1 fully saturated rings. The third-order valence-corrected chi connectivity index (χ3v) is 6.16. The quantitative estimate of drug-likeness (QED) is 0.385. The fourth-order valence-corrected chi connectivity index (χ4v) is 4.07. The smallest absolute Gasteiger partial charge is 0.258 e. The van der Waals surface area contributed by atoms with Crippen LogP contribution in [0.2, 0.25) is 0 Å². The second-order valence-electron chi connectivity index (χ2n) is 8.69. The Hall–Kier alpha value is -4.07. The number of piperidine rings is 1. The zero-order chi connectivity index (χ0) is 24.2. The number of halogens is 1. The van der Waals surface area contributed by atoms with E-state index < -0.39 is 0 Å². The van der Waals surface area contributed by atoms with Crippen LogP contribution in [0.5, 0.6) is 5.75 Å². The Morgan fingerprint density at radius 3 is 2.63 bits per heavy atom. The SMILES string of the molecule is Cc1ccc(-c2noc(-c3cccc(OCC4CCN(C(=O)c5ccc(F)cc5)CC4)c3)n2)cn1. The zero-order valence-corrected chi connectivity index (χ0v) is 19.4. The van der Waals surface area contributed by atoms with Crippen molar-refractivity contribution in [2.75, 3.05) is 19.7 Å². The number of carbonyl (C=O) groups excluding carboxylic acids is 1. The Labute approximate surface area is 202 Å². The minimum Gasteiger partial charge on any atom is -0.493 e. The fourth-order valence-electron chi connectivity index (χ4n) is 4.07. The maximum Gasteiger partial charge on any atom is 0.258 e. The van der Waals surface area contributed by atoms with E-state index in [4.69, 9.17) is 9.26 Å². The Balaban J connectivity index is 1.16. The predicted octanol–water partition coefficient (Wildman–Crippen LogP) is 5.18. The number of nitrogens with zero attached hydrogens (tertiary/aromatic N) is 4. The van der Waals surface area contributed by atoms with Crippen molar-refractivity contribution in [1.82, 2.24) is 20.0 Å². The third kappa shape index (κ3) is 5.37. The molecule has 2 aromatic carbocycles. The first-order valence-corrected chi connectivity index (χ1v) is 11.6. The summed E-state index contributed by atoms with van der Waals surface area (Å²) in [5.74, 6) is 1.57. The molecule has 1 aliphatic heterocycles. The number of amides is 1. The molecule has 178 valence electrons. The minimum atomic E-state index is -0.343. The monoisotopic (exact) mass is 472 g/mol. The number of ether oxygens (including phenoxy) is 1. The van der Waals surface area contributed by atoms with Crippen molar-refractivity contribution >= 4 is 5.91 Å². The number of rotatable bonds is 6. The van der Waals surface area contributed by atoms with Gasteiger partial charge in [0.25, 0.3) is 11.8 Å². The Morgan fingerprint density at radius 1 is 1.09 bits per heavy atom. The molecule has 7 nitrogen and oxygen atoms in total. The number of hydrogen-bond donors (Lipinski definition) is 0. The van der Waals surface area contributed by atoms with E-state index in [2.05, 4.69) is 15.1 Å². The molecule has 0 saturated carbocycles. The summed E-state index contributed by atoms with van der Waals surface area (Å²) in [5.41, 5.74) is 3.01. The first-order chi connectivity index (χ1) is 17.0. The van der Waals surface area contributed by atoms with Gasteiger partial charge in [-0.25, -0.2) is 4.39 Å². The second-order valence-corrected chi connectivity index (χ2v) is 8.69. The van der Waals surface area contributed by atoms with Gasteiger partial charge in [-0.1, -0.05) is 11.2 Å². The summed E-state index contributed by atoms with van der Waals surface area (Å²) in [7, 11) is 0. The third-order valence-electron chi connectivity index (χ3n) is 6.16. The summed E-state index contributed by atoms with van der Waals surface area (Å²) in [6, 6.07) is 17.1. The number of carbonyl (C=O) groups is 1. The van der Waals surface area contributed by atoms with E-state index in [1.165, 1.54) is 24.3 Å². The molecule has 1 amide bonds. The van der Waals surface area contributed by atoms with Gasteiger partial charge in [0.15, 0.2) is 0 Å². The second kappa shape index (κ2) is 10.0. The van der Waals surface area contributed by atoms with E-state index in [9.17, 15) is 9.18 Å². The molecule has 0 aliphatic carbocycles. The van der Waals surface area contributed by atoms with Crippen LogP contribution in [0.4, 0.5) is 4.39 Å². The van der Waals surface area contributed by atoms with Gasteiger partial charge in [0.1, 0.15) is 11.6 Å². The average molecular weight is 473 g/mol. The van der Waals surface area contributed by atoms with Gasteiger partial charge in [-0.15, -0.1) is 0 Å². The van der Waals surface area contributed by atoms with Crippen molar-refractivity contribution in [2.24, 2.45) is 5.92 Å². The predicted molar refractivity (Wildman–Crippen MR) is 128 cm³/mol. The molecule has 8 heteroatoms. The summed E-state index contributed by atoms with van der Waals surface area (Å²) in [4.78, 5) is 23.2. The van der Waals surface area contributed by atoms with E-state index >= 15 is 0 Å². The van der Waals surface area contributed by atoms with Crippen LogP contribution in [0.15, 0.2) is 71.4 Å². The standard InChI is InChI=1S/C27H25FN4O3/c1-18-5-6-22(16-29-18)25-30-26(35-31-25)21-3-2-4-24(15-21)34-17-19-11-13-32(14-12-19)27(33)20-7-9-23(28)10-8-20/h2-10,15-16,19H,11-14,17H2,1H3. The van der Waals surface area contributed by atoms with Crippen LogP contribution in [0.25, 0.3) is 22.8 Å². The summed E-state index contributed by atoms with van der Waals surface area (Å²) >= 11 is 0. The molecule has 1 aliphatic rings. The van der Waals surface area contributed by atoms with Gasteiger partial charge in [-0.05, 0) is 80.3 Å². The molecule has 0 N–H and O–H groups in total. The normalized spacial score (nSPS) is 14.2. The van der Waals surface area contributed by atoms with Crippen LogP contribution in [0.1, 0.15) is 28.9 Å². The lowest BCUT2D eigenvalue weighted by molar-refractivity contribution is 0.0661. The number of pyridine rings is 1. The van der Waals surface area contributed by atoms with Gasteiger partial charge in [0, 0.05) is 41.7 Å². The van der Waals surface area contributed by atoms with E-state index in [0.717, 1.165) is 35.4 Å². The molecule has 0 atom stereocenters. The molecule has 35 heavy (non-hydrogen) atoms. The summed E-state index contributed by atoms with van der Waals surface area (Å²) in [6.45, 7) is 3.80. The number of aromatic nitrogens is 3. The van der Waals surface area contributed by atoms with Gasteiger partial charge in [-0.2, -0.15) is 4.98 Å². The highest BCUT2D eigenvalue weighted by Crippen LogP contribution is 2.26. The molecule has 3 heterocycles. The molecule has 0 bridgehead atoms. The van der Waals surface area contributed by atoms with Crippen molar-refractivity contribution in [1.29, 1.82) is 0 Å². The van der Waals surface area contributed by atoms with Crippen molar-refractivity contribution < 1.29 is 18.4 Å². The van der Waals surface area contributed by atoms with E-state index in [-0.39, 0.29) is 11.7 Å². The first kappa shape index (κ1) is 22.7. The molecular weight excluding hydrogens is 447 g/mol. The van der Waals surface area contributed by atoms with Crippen LogP contribution in [-0.2, 0) is 0 Å². The van der Waals surface area contributed by atoms with Gasteiger partial charge < -0.3 is 14.2 Å². The molecule has 0 spiro atoms. The highest BCUT2D eigenvalue weighted by Gasteiger charge is 2.24. The minimum absolute atomic E-state index is 0.0579. The van der Waals surface area contributed by atoms with Crippen molar-refractivity contribution in [3.63, 3.8) is 0 Å². The number of aryl methyl sites for hydroxylation is 1. The van der Waals surface area contributed by atoms with Crippen LogP contribution in [0, 0.1) is 18.7 Å². The van der Waals surface area contributed by atoms with Crippen LogP contribution >= 0.6 is 0 Å². The van der Waals surface area contributed by atoms with E-state index in [1.54, 1.807) is 6.20 Å². The van der Waals surface area contributed by atoms with E-state index in [0.29, 0.717) is 42.9 Å². The van der Waals surface area contributed by atoms with Crippen molar-refractivity contribution in [3.05, 3.63) is 83.9 Å². The Morgan fingerprint density at radius 2 is 1.89 bits per heavy atom. The lowest BCUT2D eigenvalue weighted by atomic mass is 9.97. The topological polar surface area (TPSA) is 81.4 Å². The summed E-state index contributed by atoms with van der Waals surface area (Å²) < 4.78 is 24.6. The molecule has 1 saturated heterocycles. The lowest BCUT2D eigenvalue weighted by Crippen LogP contribution is -2.39. The first-order valence-electron chi connectivity index (χ1n) is 11.6. The molecule has 5 rings (SSSR count). The summed E-state index contributed by atoms with van der Waals surface area (Å²) in [5, 5.41) is 4.07. The number of hydrogen-bond acceptors (Lipinski definition) is 6. The van der Waals surface area contributed by atoms with Crippen LogP contribution in [0.3, 0.4) is 0 Å². The molecule has 2 aromatic heterocycles. The Kier molecular flexibility index (Phi) is 6.52. The largest absolute Gasteiger partial charge is 0.493 e. The molecular formula is C27H25FN4O3. The van der Waals surface area contributed by atoms with Gasteiger partial charge >= 0.3 is 0 Å². The van der Waals surface area contributed by atoms with Gasteiger partial charge in [0.05, 0.1) is 6.61 Å². The average Bonchev–Trinajstić information content (AvgIpc) is 3.39. The Bertz CT molecular complexity index is 1300. The highest BCUT2D eigenvalue weighted by atomic mass is 19.1. The number of likely N-dealkylation sites (tertiary alicyclic amines) is 1. The maximum absolute atomic E-state index is 13.1. The number of benzene rings is 2.